The zero-order valence-corrected chi connectivity index (χ0v) is 76.5. The van der Waals surface area contributed by atoms with Gasteiger partial charge in [0, 0.05) is 70.6 Å². The summed E-state index contributed by atoms with van der Waals surface area (Å²) in [5, 5.41) is 4.85. The SMILES string of the molecule is c1ccc(-c2cc(-c3ccccc3)cc(-c3ccc(N(c4ccc(C5(c6ccccc6)c6ccccc6-c6ccccc65)cc4)c4cccc(-c5ccc6sc7ccccc7c6c5)c4)cc3)c2)cc1.c1ccc(-c2cc(-c3ccccc3)cc(-c3ccc(N(c4ccc(C5(c6ccccc6)c6ccccc6-c6ccccc65)cc4)c4cccc(-c5cccc6c5oc5ccccc56)c4)cc3)c2)cc1. The molecule has 0 unspecified atom stereocenters. The number of fused-ring (bicyclic) bond motifs is 12. The summed E-state index contributed by atoms with van der Waals surface area (Å²) >= 11 is 1.86. The fourth-order valence-corrected chi connectivity index (χ4v) is 23.0. The zero-order chi connectivity index (χ0) is 91.5. The van der Waals surface area contributed by atoms with Gasteiger partial charge in [0.15, 0.2) is 0 Å². The summed E-state index contributed by atoms with van der Waals surface area (Å²) in [6.07, 6.45) is 0. The van der Waals surface area contributed by atoms with Crippen LogP contribution in [0.4, 0.5) is 34.1 Å². The van der Waals surface area contributed by atoms with E-state index in [4.69, 9.17) is 4.42 Å². The highest BCUT2D eigenvalue weighted by Gasteiger charge is 2.48. The van der Waals surface area contributed by atoms with Gasteiger partial charge in [0.2, 0.25) is 0 Å². The predicted molar refractivity (Wildman–Crippen MR) is 581 cm³/mol. The largest absolute Gasteiger partial charge is 0.455 e. The molecule has 0 amide bonds. The Morgan fingerprint density at radius 3 is 0.862 bits per heavy atom. The predicted octanol–water partition coefficient (Wildman–Crippen LogP) is 36.6. The van der Waals surface area contributed by atoms with Gasteiger partial charge in [0.25, 0.3) is 0 Å². The molecule has 2 aromatic heterocycles. The minimum absolute atomic E-state index is 0.475. The highest BCUT2D eigenvalue weighted by molar-refractivity contribution is 7.25. The van der Waals surface area contributed by atoms with E-state index < -0.39 is 10.8 Å². The molecule has 22 aromatic carbocycles. The Kier molecular flexibility index (Phi) is 21.0. The Hall–Kier alpha value is -17.5. The summed E-state index contributed by atoms with van der Waals surface area (Å²) in [6, 6.07) is 200. The van der Waals surface area contributed by atoms with Crippen molar-refractivity contribution >= 4 is 87.6 Å². The molecule has 0 aliphatic heterocycles. The quantitative estimate of drug-likeness (QED) is 0.0854. The monoisotopic (exact) mass is 1770 g/mol. The van der Waals surface area contributed by atoms with Crippen molar-refractivity contribution in [3.05, 3.63) is 590 Å². The summed E-state index contributed by atoms with van der Waals surface area (Å²) in [7, 11) is 0. The molecule has 138 heavy (non-hydrogen) atoms. The third-order valence-corrected chi connectivity index (χ3v) is 29.4. The molecule has 0 N–H and O–H groups in total. The highest BCUT2D eigenvalue weighted by atomic mass is 32.1. The standard InChI is InChI=1S/C67H45NO.C67H45NS/c1-4-18-46(19-5-1)50-42-51(47-20-6-2-7-21-47)44-52(43-50)48-34-38-55(39-35-48)68(57-25-16-22-49(45-57)58-29-17-30-62-61-28-12-15-33-65(61)69-66(58)62)56-40-36-54(37-41-56)67(53-23-8-3-9-24-53)63-31-13-10-26-59(63)60-27-11-14-32-64(60)67;1-4-17-46(18-5-1)51-41-52(47-19-6-2-7-20-47)43-53(42-51)48-31-36-56(37-32-48)68(58-24-16-21-49(44-58)50-33-40-66-62(45-50)61-27-12-15-30-65(61)69-66)57-38-34-55(35-39-57)67(54-22-8-3-9-23-54)63-28-13-10-25-59(63)60-26-11-14-29-64(60)67/h2*1-45H. The normalized spacial score (nSPS) is 12.5. The topological polar surface area (TPSA) is 19.6 Å². The first-order valence-corrected chi connectivity index (χ1v) is 48.3. The number of hydrogen-bond acceptors (Lipinski definition) is 4. The zero-order valence-electron chi connectivity index (χ0n) is 75.7. The Balaban J connectivity index is 0.000000146. The smallest absolute Gasteiger partial charge is 0.143 e. The van der Waals surface area contributed by atoms with Crippen LogP contribution in [0.1, 0.15) is 44.5 Å². The molecule has 0 atom stereocenters. The van der Waals surface area contributed by atoms with Crippen LogP contribution in [0.2, 0.25) is 0 Å². The lowest BCUT2D eigenvalue weighted by Crippen LogP contribution is -2.28. The van der Waals surface area contributed by atoms with Crippen molar-refractivity contribution in [3.8, 4) is 111 Å². The third kappa shape index (κ3) is 14.5. The Morgan fingerprint density at radius 2 is 0.442 bits per heavy atom. The van der Waals surface area contributed by atoms with E-state index in [1.807, 2.05) is 17.4 Å². The van der Waals surface area contributed by atoms with Gasteiger partial charge in [-0.3, -0.25) is 0 Å². The summed E-state index contributed by atoms with van der Waals surface area (Å²) < 4.78 is 9.21. The average molecular weight is 1780 g/mol. The number of nitrogens with zero attached hydrogens (tertiary/aromatic N) is 2. The number of rotatable bonds is 18. The van der Waals surface area contributed by atoms with Gasteiger partial charge in [-0.25, -0.2) is 0 Å². The first-order chi connectivity index (χ1) is 68.4. The maximum atomic E-state index is 6.58. The van der Waals surface area contributed by atoms with Crippen LogP contribution in [0.5, 0.6) is 0 Å². The molecule has 0 saturated carbocycles. The van der Waals surface area contributed by atoms with Crippen molar-refractivity contribution in [2.24, 2.45) is 0 Å². The first kappa shape index (κ1) is 82.4. The minimum atomic E-state index is -0.489. The molecule has 3 nitrogen and oxygen atoms in total. The van der Waals surface area contributed by atoms with Gasteiger partial charge < -0.3 is 14.2 Å². The van der Waals surface area contributed by atoms with E-state index in [1.54, 1.807) is 0 Å². The lowest BCUT2D eigenvalue weighted by Gasteiger charge is -2.34. The van der Waals surface area contributed by atoms with Crippen LogP contribution >= 0.6 is 11.3 Å². The highest BCUT2D eigenvalue weighted by Crippen LogP contribution is 2.59. The molecular weight excluding hydrogens is 1690 g/mol. The number of benzene rings is 22. The van der Waals surface area contributed by atoms with Crippen LogP contribution in [0.3, 0.4) is 0 Å². The van der Waals surface area contributed by atoms with Crippen molar-refractivity contribution in [3.63, 3.8) is 0 Å². The fraction of sp³-hybridized carbons (Fsp3) is 0.0149. The first-order valence-electron chi connectivity index (χ1n) is 47.5. The lowest BCUT2D eigenvalue weighted by molar-refractivity contribution is 0.670. The Bertz CT molecular complexity index is 8430. The van der Waals surface area contributed by atoms with E-state index in [9.17, 15) is 0 Å². The average Bonchev–Trinajstić information content (AvgIpc) is 1.56. The van der Waals surface area contributed by atoms with E-state index in [0.29, 0.717) is 0 Å². The van der Waals surface area contributed by atoms with Crippen LogP contribution < -0.4 is 9.80 Å². The van der Waals surface area contributed by atoms with Crippen molar-refractivity contribution < 1.29 is 4.42 Å². The molecule has 2 heterocycles. The Morgan fingerprint density at radius 1 is 0.159 bits per heavy atom. The summed E-state index contributed by atoms with van der Waals surface area (Å²) in [4.78, 5) is 4.80. The van der Waals surface area contributed by atoms with Gasteiger partial charge in [0.1, 0.15) is 11.2 Å². The molecular formula is C134H90N2OS. The van der Waals surface area contributed by atoms with Crippen molar-refractivity contribution in [1.82, 2.24) is 0 Å². The van der Waals surface area contributed by atoms with E-state index in [-0.39, 0.29) is 0 Å². The minimum Gasteiger partial charge on any atom is -0.455 e. The maximum Gasteiger partial charge on any atom is 0.143 e. The van der Waals surface area contributed by atoms with Crippen LogP contribution in [0, 0.1) is 0 Å². The fourth-order valence-electron chi connectivity index (χ4n) is 21.9. The number of furan rings is 1. The van der Waals surface area contributed by atoms with Crippen LogP contribution in [0.15, 0.2) is 550 Å². The molecule has 0 saturated heterocycles. The van der Waals surface area contributed by atoms with Gasteiger partial charge in [-0.1, -0.05) is 413 Å². The van der Waals surface area contributed by atoms with E-state index in [0.717, 1.165) is 78.3 Å². The number of anilines is 6. The third-order valence-electron chi connectivity index (χ3n) is 28.3. The maximum absolute atomic E-state index is 6.58. The molecule has 2 aliphatic carbocycles. The lowest BCUT2D eigenvalue weighted by atomic mass is 9.68. The molecule has 648 valence electrons. The van der Waals surface area contributed by atoms with Gasteiger partial charge in [-0.2, -0.15) is 0 Å². The van der Waals surface area contributed by atoms with Crippen molar-refractivity contribution in [1.29, 1.82) is 0 Å². The molecule has 0 bridgehead atoms. The molecule has 4 heteroatoms. The van der Waals surface area contributed by atoms with Crippen LogP contribution in [-0.4, -0.2) is 0 Å². The summed E-state index contributed by atoms with van der Waals surface area (Å²) in [6.45, 7) is 0. The van der Waals surface area contributed by atoms with Gasteiger partial charge >= 0.3 is 0 Å². The van der Waals surface area contributed by atoms with E-state index in [2.05, 4.69) is 550 Å². The molecule has 0 radical (unpaired) electrons. The molecule has 0 spiro atoms. The van der Waals surface area contributed by atoms with Crippen LogP contribution in [0.25, 0.3) is 153 Å². The van der Waals surface area contributed by atoms with Crippen molar-refractivity contribution in [2.45, 2.75) is 10.8 Å². The molecule has 2 aliphatic rings. The second kappa shape index (κ2) is 35.1. The second-order valence-corrected chi connectivity index (χ2v) is 37.1. The molecule has 24 aromatic rings. The molecule has 26 rings (SSSR count). The number of hydrogen-bond donors (Lipinski definition) is 0. The van der Waals surface area contributed by atoms with Crippen LogP contribution in [-0.2, 0) is 10.8 Å². The number of thiophene rings is 1. The van der Waals surface area contributed by atoms with E-state index >= 15 is 0 Å². The Labute approximate surface area is 808 Å². The molecule has 0 fully saturated rings. The van der Waals surface area contributed by atoms with E-state index in [1.165, 1.54) is 154 Å². The summed E-state index contributed by atoms with van der Waals surface area (Å²) in [5.41, 5.74) is 41.4. The van der Waals surface area contributed by atoms with Crippen molar-refractivity contribution in [2.75, 3.05) is 9.80 Å². The van der Waals surface area contributed by atoms with Gasteiger partial charge in [-0.05, 0) is 284 Å². The number of para-hydroxylation sites is 2. The van der Waals surface area contributed by atoms with Gasteiger partial charge in [0.05, 0.1) is 10.8 Å². The second-order valence-electron chi connectivity index (χ2n) is 36.0. The van der Waals surface area contributed by atoms with Gasteiger partial charge in [-0.15, -0.1) is 11.3 Å². The summed E-state index contributed by atoms with van der Waals surface area (Å²) in [5.74, 6) is 0.